The van der Waals surface area contributed by atoms with Crippen LogP contribution in [0.25, 0.3) is 0 Å². The van der Waals surface area contributed by atoms with E-state index >= 15 is 0 Å². The fourth-order valence-electron chi connectivity index (χ4n) is 1.91. The largest absolute Gasteiger partial charge is 0.508 e. The SMILES string of the molecule is CCC(Nc1cccc(Cl)c1)c1ccc(O)cc1. The molecule has 1 atom stereocenters. The lowest BCUT2D eigenvalue weighted by Crippen LogP contribution is -2.09. The number of rotatable bonds is 4. The topological polar surface area (TPSA) is 32.3 Å². The zero-order chi connectivity index (χ0) is 13.0. The standard InChI is InChI=1S/C15H16ClNO/c1-2-15(11-6-8-14(18)9-7-11)17-13-5-3-4-12(16)10-13/h3-10,15,17-18H,2H2,1H3. The molecule has 0 heterocycles. The van der Waals surface area contributed by atoms with Crippen molar-refractivity contribution < 1.29 is 5.11 Å². The molecular formula is C15H16ClNO. The Kier molecular flexibility index (Phi) is 4.11. The Balaban J connectivity index is 2.17. The van der Waals surface area contributed by atoms with Crippen LogP contribution in [-0.4, -0.2) is 5.11 Å². The molecule has 2 aromatic carbocycles. The first-order valence-corrected chi connectivity index (χ1v) is 6.38. The molecule has 2 nitrogen and oxygen atoms in total. The quantitative estimate of drug-likeness (QED) is 0.842. The molecule has 94 valence electrons. The van der Waals surface area contributed by atoms with Crippen LogP contribution in [0.2, 0.25) is 5.02 Å². The molecule has 0 aliphatic rings. The van der Waals surface area contributed by atoms with Crippen molar-refractivity contribution in [1.82, 2.24) is 0 Å². The van der Waals surface area contributed by atoms with Crippen molar-refractivity contribution >= 4 is 17.3 Å². The van der Waals surface area contributed by atoms with Gasteiger partial charge in [-0.3, -0.25) is 0 Å². The minimum Gasteiger partial charge on any atom is -0.508 e. The van der Waals surface area contributed by atoms with Crippen LogP contribution in [0.4, 0.5) is 5.69 Å². The van der Waals surface area contributed by atoms with Crippen LogP contribution in [0.5, 0.6) is 5.75 Å². The Morgan fingerprint density at radius 1 is 1.17 bits per heavy atom. The molecule has 0 saturated carbocycles. The Morgan fingerprint density at radius 3 is 2.50 bits per heavy atom. The van der Waals surface area contributed by atoms with Gasteiger partial charge in [-0.1, -0.05) is 36.7 Å². The number of phenols is 1. The predicted octanol–water partition coefficient (Wildman–Crippen LogP) is 4.61. The molecule has 0 aliphatic carbocycles. The van der Waals surface area contributed by atoms with Crippen LogP contribution in [0.1, 0.15) is 24.9 Å². The van der Waals surface area contributed by atoms with Crippen molar-refractivity contribution in [1.29, 1.82) is 0 Å². The summed E-state index contributed by atoms with van der Waals surface area (Å²) >= 11 is 5.97. The monoisotopic (exact) mass is 261 g/mol. The smallest absolute Gasteiger partial charge is 0.115 e. The summed E-state index contributed by atoms with van der Waals surface area (Å²) in [6, 6.07) is 15.2. The number of aromatic hydroxyl groups is 1. The van der Waals surface area contributed by atoms with Gasteiger partial charge in [-0.05, 0) is 42.3 Å². The van der Waals surface area contributed by atoms with E-state index in [0.29, 0.717) is 0 Å². The Morgan fingerprint density at radius 2 is 1.89 bits per heavy atom. The van der Waals surface area contributed by atoms with Crippen molar-refractivity contribution in [3.8, 4) is 5.75 Å². The summed E-state index contributed by atoms with van der Waals surface area (Å²) < 4.78 is 0. The second-order valence-electron chi connectivity index (χ2n) is 4.21. The molecule has 1 unspecified atom stereocenters. The van der Waals surface area contributed by atoms with Crippen LogP contribution in [0.3, 0.4) is 0 Å². The molecular weight excluding hydrogens is 246 g/mol. The fourth-order valence-corrected chi connectivity index (χ4v) is 2.10. The van der Waals surface area contributed by atoms with Crippen molar-refractivity contribution in [2.75, 3.05) is 5.32 Å². The molecule has 0 amide bonds. The van der Waals surface area contributed by atoms with Crippen molar-refractivity contribution in [2.24, 2.45) is 0 Å². The summed E-state index contributed by atoms with van der Waals surface area (Å²) in [4.78, 5) is 0. The average Bonchev–Trinajstić information content (AvgIpc) is 2.37. The zero-order valence-corrected chi connectivity index (χ0v) is 11.0. The first kappa shape index (κ1) is 12.8. The number of hydrogen-bond donors (Lipinski definition) is 2. The van der Waals surface area contributed by atoms with Gasteiger partial charge in [0.25, 0.3) is 0 Å². The van der Waals surface area contributed by atoms with Crippen LogP contribution in [0, 0.1) is 0 Å². The van der Waals surface area contributed by atoms with E-state index in [1.54, 1.807) is 12.1 Å². The minimum absolute atomic E-state index is 0.212. The first-order chi connectivity index (χ1) is 8.69. The number of halogens is 1. The molecule has 2 rings (SSSR count). The average molecular weight is 262 g/mol. The van der Waals surface area contributed by atoms with E-state index in [2.05, 4.69) is 12.2 Å². The van der Waals surface area contributed by atoms with E-state index in [1.807, 2.05) is 36.4 Å². The molecule has 0 aliphatic heterocycles. The second kappa shape index (κ2) is 5.78. The van der Waals surface area contributed by atoms with E-state index in [1.165, 1.54) is 0 Å². The van der Waals surface area contributed by atoms with Gasteiger partial charge in [0, 0.05) is 10.7 Å². The molecule has 3 heteroatoms. The molecule has 2 aromatic rings. The number of benzene rings is 2. The molecule has 0 aromatic heterocycles. The summed E-state index contributed by atoms with van der Waals surface area (Å²) in [7, 11) is 0. The molecule has 0 radical (unpaired) electrons. The molecule has 0 spiro atoms. The van der Waals surface area contributed by atoms with Gasteiger partial charge >= 0.3 is 0 Å². The molecule has 18 heavy (non-hydrogen) atoms. The summed E-state index contributed by atoms with van der Waals surface area (Å²) in [5.74, 6) is 0.288. The van der Waals surface area contributed by atoms with E-state index in [0.717, 1.165) is 22.7 Å². The fraction of sp³-hybridized carbons (Fsp3) is 0.200. The molecule has 2 N–H and O–H groups in total. The Hall–Kier alpha value is -1.67. The van der Waals surface area contributed by atoms with Gasteiger partial charge in [-0.2, -0.15) is 0 Å². The highest BCUT2D eigenvalue weighted by molar-refractivity contribution is 6.30. The maximum atomic E-state index is 9.30. The highest BCUT2D eigenvalue weighted by atomic mass is 35.5. The van der Waals surface area contributed by atoms with Crippen molar-refractivity contribution in [3.63, 3.8) is 0 Å². The van der Waals surface area contributed by atoms with E-state index in [4.69, 9.17) is 11.6 Å². The second-order valence-corrected chi connectivity index (χ2v) is 4.64. The van der Waals surface area contributed by atoms with Gasteiger partial charge in [0.05, 0.1) is 6.04 Å². The Labute approximate surface area is 112 Å². The normalized spacial score (nSPS) is 12.1. The highest BCUT2D eigenvalue weighted by Crippen LogP contribution is 2.25. The summed E-state index contributed by atoms with van der Waals surface area (Å²) in [6.07, 6.45) is 0.956. The molecule has 0 bridgehead atoms. The Bertz CT molecular complexity index is 510. The van der Waals surface area contributed by atoms with Crippen LogP contribution in [0.15, 0.2) is 48.5 Å². The first-order valence-electron chi connectivity index (χ1n) is 6.00. The van der Waals surface area contributed by atoms with Crippen LogP contribution >= 0.6 is 11.6 Å². The van der Waals surface area contributed by atoms with Crippen LogP contribution < -0.4 is 5.32 Å². The van der Waals surface area contributed by atoms with E-state index in [-0.39, 0.29) is 11.8 Å². The van der Waals surface area contributed by atoms with Gasteiger partial charge in [0.1, 0.15) is 5.75 Å². The summed E-state index contributed by atoms with van der Waals surface area (Å²) in [5.41, 5.74) is 2.15. The van der Waals surface area contributed by atoms with Crippen molar-refractivity contribution in [3.05, 3.63) is 59.1 Å². The number of hydrogen-bond acceptors (Lipinski definition) is 2. The van der Waals surface area contributed by atoms with E-state index in [9.17, 15) is 5.11 Å². The number of phenolic OH excluding ortho intramolecular Hbond substituents is 1. The van der Waals surface area contributed by atoms with Gasteiger partial charge in [0.15, 0.2) is 0 Å². The maximum absolute atomic E-state index is 9.30. The van der Waals surface area contributed by atoms with Gasteiger partial charge in [-0.15, -0.1) is 0 Å². The van der Waals surface area contributed by atoms with Gasteiger partial charge in [-0.25, -0.2) is 0 Å². The van der Waals surface area contributed by atoms with Gasteiger partial charge in [0.2, 0.25) is 0 Å². The summed E-state index contributed by atoms with van der Waals surface area (Å²) in [6.45, 7) is 2.12. The van der Waals surface area contributed by atoms with Crippen molar-refractivity contribution in [2.45, 2.75) is 19.4 Å². The number of nitrogens with one attached hydrogen (secondary N) is 1. The lowest BCUT2D eigenvalue weighted by molar-refractivity contribution is 0.475. The third-order valence-corrected chi connectivity index (χ3v) is 3.10. The lowest BCUT2D eigenvalue weighted by atomic mass is 10.0. The van der Waals surface area contributed by atoms with Gasteiger partial charge < -0.3 is 10.4 Å². The highest BCUT2D eigenvalue weighted by Gasteiger charge is 2.09. The summed E-state index contributed by atoms with van der Waals surface area (Å²) in [5, 5.41) is 13.5. The molecule has 0 fully saturated rings. The van der Waals surface area contributed by atoms with Crippen LogP contribution in [-0.2, 0) is 0 Å². The minimum atomic E-state index is 0.212. The third kappa shape index (κ3) is 3.17. The maximum Gasteiger partial charge on any atom is 0.115 e. The predicted molar refractivity (Wildman–Crippen MR) is 76.2 cm³/mol. The van der Waals surface area contributed by atoms with E-state index < -0.39 is 0 Å². The lowest BCUT2D eigenvalue weighted by Gasteiger charge is -2.19. The zero-order valence-electron chi connectivity index (χ0n) is 10.2. The molecule has 0 saturated heterocycles. The number of anilines is 1. The third-order valence-electron chi connectivity index (χ3n) is 2.87.